The van der Waals surface area contributed by atoms with E-state index >= 15 is 0 Å². The third-order valence-electron chi connectivity index (χ3n) is 5.14. The minimum Gasteiger partial charge on any atom is -0.346 e. The molecular formula is C19H22N4O2S. The molecule has 3 fully saturated rings. The maximum atomic E-state index is 12.6. The van der Waals surface area contributed by atoms with Crippen LogP contribution in [0.4, 0.5) is 5.69 Å². The van der Waals surface area contributed by atoms with E-state index in [0.717, 1.165) is 35.8 Å². The highest BCUT2D eigenvalue weighted by Gasteiger charge is 2.35. The standard InChI is InChI=1S/C19H22N4O2S/c1-12(24)21-15-4-2-3-14(9-15)17-10-20-19(26-17)18(25)22-16-11-23-7-5-13(16)6-8-23/h2-4,9-10,13,16H,5-8,11H2,1H3,(H,21,24)(H,22,25). The number of hydrogen-bond donors (Lipinski definition) is 2. The molecule has 3 aliphatic rings. The number of nitrogens with zero attached hydrogens (tertiary/aromatic N) is 2. The molecule has 4 heterocycles. The van der Waals surface area contributed by atoms with Gasteiger partial charge in [-0.05, 0) is 49.5 Å². The largest absolute Gasteiger partial charge is 0.346 e. The van der Waals surface area contributed by atoms with E-state index < -0.39 is 0 Å². The molecule has 1 unspecified atom stereocenters. The zero-order valence-electron chi connectivity index (χ0n) is 14.7. The summed E-state index contributed by atoms with van der Waals surface area (Å²) in [4.78, 5) is 31.5. The first-order valence-corrected chi connectivity index (χ1v) is 9.77. The molecule has 1 aromatic carbocycles. The summed E-state index contributed by atoms with van der Waals surface area (Å²) in [5.74, 6) is 0.403. The molecule has 3 aliphatic heterocycles. The SMILES string of the molecule is CC(=O)Nc1cccc(-c2cnc(C(=O)NC3CN4CCC3CC4)s2)c1. The van der Waals surface area contributed by atoms with Gasteiger partial charge >= 0.3 is 0 Å². The van der Waals surface area contributed by atoms with Crippen LogP contribution in [0.1, 0.15) is 29.6 Å². The molecule has 2 aromatic rings. The van der Waals surface area contributed by atoms with Crippen molar-refractivity contribution >= 4 is 28.8 Å². The van der Waals surface area contributed by atoms with Crippen LogP contribution in [-0.4, -0.2) is 47.4 Å². The summed E-state index contributed by atoms with van der Waals surface area (Å²) in [7, 11) is 0. The van der Waals surface area contributed by atoms with E-state index in [4.69, 9.17) is 0 Å². The average molecular weight is 370 g/mol. The first kappa shape index (κ1) is 17.2. The van der Waals surface area contributed by atoms with Crippen LogP contribution in [0.15, 0.2) is 30.5 Å². The van der Waals surface area contributed by atoms with Gasteiger partial charge in [0.25, 0.3) is 5.91 Å². The zero-order chi connectivity index (χ0) is 18.1. The van der Waals surface area contributed by atoms with Crippen LogP contribution in [0.25, 0.3) is 10.4 Å². The molecule has 0 spiro atoms. The lowest BCUT2D eigenvalue weighted by Gasteiger charge is -2.44. The number of carbonyl (C=O) groups excluding carboxylic acids is 2. The minimum absolute atomic E-state index is 0.0852. The Morgan fingerprint density at radius 2 is 2.08 bits per heavy atom. The summed E-state index contributed by atoms with van der Waals surface area (Å²) in [6.07, 6.45) is 4.07. The smallest absolute Gasteiger partial charge is 0.280 e. The second kappa shape index (κ2) is 7.17. The fraction of sp³-hybridized carbons (Fsp3) is 0.421. The highest BCUT2D eigenvalue weighted by molar-refractivity contribution is 7.17. The van der Waals surface area contributed by atoms with E-state index in [0.29, 0.717) is 10.9 Å². The first-order valence-electron chi connectivity index (χ1n) is 8.95. The van der Waals surface area contributed by atoms with Gasteiger partial charge in [-0.15, -0.1) is 11.3 Å². The molecule has 0 aliphatic carbocycles. The quantitative estimate of drug-likeness (QED) is 0.868. The fourth-order valence-corrected chi connectivity index (χ4v) is 4.64. The van der Waals surface area contributed by atoms with Crippen molar-refractivity contribution < 1.29 is 9.59 Å². The number of thiazole rings is 1. The Bertz CT molecular complexity index is 826. The van der Waals surface area contributed by atoms with Crippen molar-refractivity contribution in [1.29, 1.82) is 0 Å². The van der Waals surface area contributed by atoms with Gasteiger partial charge in [0.15, 0.2) is 5.01 Å². The minimum atomic E-state index is -0.107. The van der Waals surface area contributed by atoms with Gasteiger partial charge < -0.3 is 15.5 Å². The van der Waals surface area contributed by atoms with E-state index in [1.54, 1.807) is 6.20 Å². The van der Waals surface area contributed by atoms with Gasteiger partial charge in [0.1, 0.15) is 0 Å². The van der Waals surface area contributed by atoms with E-state index in [1.807, 2.05) is 24.3 Å². The number of rotatable bonds is 4. The molecule has 0 saturated carbocycles. The Morgan fingerprint density at radius 3 is 2.77 bits per heavy atom. The number of piperidine rings is 3. The molecule has 5 rings (SSSR count). The molecule has 1 aromatic heterocycles. The predicted molar refractivity (Wildman–Crippen MR) is 102 cm³/mol. The van der Waals surface area contributed by atoms with Crippen molar-refractivity contribution in [2.75, 3.05) is 25.0 Å². The van der Waals surface area contributed by atoms with Crippen LogP contribution < -0.4 is 10.6 Å². The Hall–Kier alpha value is -2.25. The number of nitrogens with one attached hydrogen (secondary N) is 2. The van der Waals surface area contributed by atoms with Crippen molar-refractivity contribution in [2.24, 2.45) is 5.92 Å². The van der Waals surface area contributed by atoms with Gasteiger partial charge in [0.2, 0.25) is 5.91 Å². The van der Waals surface area contributed by atoms with Crippen molar-refractivity contribution in [3.8, 4) is 10.4 Å². The maximum Gasteiger partial charge on any atom is 0.280 e. The van der Waals surface area contributed by atoms with Gasteiger partial charge in [-0.25, -0.2) is 4.98 Å². The van der Waals surface area contributed by atoms with Crippen LogP contribution in [0.5, 0.6) is 0 Å². The van der Waals surface area contributed by atoms with Crippen LogP contribution in [0.3, 0.4) is 0 Å². The molecule has 3 saturated heterocycles. The summed E-state index contributed by atoms with van der Waals surface area (Å²) >= 11 is 1.38. The van der Waals surface area contributed by atoms with Crippen molar-refractivity contribution in [3.05, 3.63) is 35.5 Å². The number of carbonyl (C=O) groups is 2. The summed E-state index contributed by atoms with van der Waals surface area (Å²) in [5, 5.41) is 6.44. The molecule has 2 bridgehead atoms. The van der Waals surface area contributed by atoms with Gasteiger partial charge in [-0.1, -0.05) is 12.1 Å². The molecule has 26 heavy (non-hydrogen) atoms. The monoisotopic (exact) mass is 370 g/mol. The van der Waals surface area contributed by atoms with E-state index in [-0.39, 0.29) is 17.9 Å². The van der Waals surface area contributed by atoms with E-state index in [2.05, 4.69) is 20.5 Å². The third-order valence-corrected chi connectivity index (χ3v) is 6.19. The maximum absolute atomic E-state index is 12.6. The Morgan fingerprint density at radius 1 is 1.27 bits per heavy atom. The summed E-state index contributed by atoms with van der Waals surface area (Å²) in [5.41, 5.74) is 1.68. The van der Waals surface area contributed by atoms with Crippen molar-refractivity contribution in [2.45, 2.75) is 25.8 Å². The molecule has 0 radical (unpaired) electrons. The average Bonchev–Trinajstić information content (AvgIpc) is 3.13. The van der Waals surface area contributed by atoms with Crippen LogP contribution in [0.2, 0.25) is 0 Å². The lowest BCUT2D eigenvalue weighted by molar-refractivity contribution is -0.114. The first-order chi connectivity index (χ1) is 12.6. The molecule has 6 nitrogen and oxygen atoms in total. The lowest BCUT2D eigenvalue weighted by atomic mass is 9.84. The number of aromatic nitrogens is 1. The number of fused-ring (bicyclic) bond motifs is 3. The summed E-state index contributed by atoms with van der Waals surface area (Å²) in [6.45, 7) is 4.75. The highest BCUT2D eigenvalue weighted by Crippen LogP contribution is 2.30. The Kier molecular flexibility index (Phi) is 4.74. The number of anilines is 1. The van der Waals surface area contributed by atoms with Gasteiger partial charge in [-0.2, -0.15) is 0 Å². The molecule has 2 N–H and O–H groups in total. The van der Waals surface area contributed by atoms with Crippen molar-refractivity contribution in [3.63, 3.8) is 0 Å². The number of amides is 2. The summed E-state index contributed by atoms with van der Waals surface area (Å²) in [6, 6.07) is 7.80. The second-order valence-corrected chi connectivity index (χ2v) is 8.04. The van der Waals surface area contributed by atoms with E-state index in [1.165, 1.54) is 31.1 Å². The number of hydrogen-bond acceptors (Lipinski definition) is 5. The Labute approximate surface area is 156 Å². The molecule has 7 heteroatoms. The van der Waals surface area contributed by atoms with Crippen molar-refractivity contribution in [1.82, 2.24) is 15.2 Å². The topological polar surface area (TPSA) is 74.3 Å². The van der Waals surface area contributed by atoms with Gasteiger partial charge in [0, 0.05) is 31.4 Å². The number of benzene rings is 1. The highest BCUT2D eigenvalue weighted by atomic mass is 32.1. The van der Waals surface area contributed by atoms with Crippen LogP contribution in [-0.2, 0) is 4.79 Å². The normalized spacial score (nSPS) is 24.3. The summed E-state index contributed by atoms with van der Waals surface area (Å²) < 4.78 is 0. The third kappa shape index (κ3) is 3.64. The predicted octanol–water partition coefficient (Wildman–Crippen LogP) is 2.59. The zero-order valence-corrected chi connectivity index (χ0v) is 15.5. The van der Waals surface area contributed by atoms with E-state index in [9.17, 15) is 9.59 Å². The molecule has 1 atom stereocenters. The molecule has 2 amide bonds. The fourth-order valence-electron chi connectivity index (χ4n) is 3.82. The second-order valence-electron chi connectivity index (χ2n) is 7.01. The van der Waals surface area contributed by atoms with Gasteiger partial charge in [0.05, 0.1) is 4.88 Å². The lowest BCUT2D eigenvalue weighted by Crippen LogP contribution is -2.57. The molecular weight excluding hydrogens is 348 g/mol. The van der Waals surface area contributed by atoms with Crippen LogP contribution in [0, 0.1) is 5.92 Å². The van der Waals surface area contributed by atoms with Gasteiger partial charge in [-0.3, -0.25) is 9.59 Å². The molecule has 136 valence electrons. The Balaban J connectivity index is 1.46. The van der Waals surface area contributed by atoms with Crippen LogP contribution >= 0.6 is 11.3 Å².